The van der Waals surface area contributed by atoms with Crippen molar-refractivity contribution >= 4 is 28.0 Å². The number of carboxylic acids is 1. The molecule has 2 nitrogen and oxygen atoms in total. The van der Waals surface area contributed by atoms with Gasteiger partial charge in [-0.2, -0.15) is 0 Å². The topological polar surface area (TPSA) is 37.3 Å². The number of hydrogen-bond acceptors (Lipinski definition) is 1. The quantitative estimate of drug-likeness (QED) is 0.841. The Morgan fingerprint density at radius 3 is 2.79 bits per heavy atom. The minimum Gasteiger partial charge on any atom is -0.478 e. The Kier molecular flexibility index (Phi) is 3.89. The summed E-state index contributed by atoms with van der Waals surface area (Å²) in [6, 6.07) is 7.55. The summed E-state index contributed by atoms with van der Waals surface area (Å²) in [5, 5.41) is 8.82. The monoisotopic (exact) mass is 254 g/mol. The molecule has 0 aliphatic rings. The highest BCUT2D eigenvalue weighted by molar-refractivity contribution is 9.10. The van der Waals surface area contributed by atoms with E-state index < -0.39 is 5.97 Å². The van der Waals surface area contributed by atoms with Crippen molar-refractivity contribution < 1.29 is 9.90 Å². The van der Waals surface area contributed by atoms with Gasteiger partial charge >= 0.3 is 5.97 Å². The van der Waals surface area contributed by atoms with Crippen LogP contribution in [-0.2, 0) is 4.79 Å². The number of carboxylic acid groups (broad SMARTS) is 1. The van der Waals surface area contributed by atoms with Crippen LogP contribution in [0.1, 0.15) is 18.9 Å². The lowest BCUT2D eigenvalue weighted by molar-refractivity contribution is -0.132. The second-order valence-electron chi connectivity index (χ2n) is 2.88. The fourth-order valence-electron chi connectivity index (χ4n) is 1.11. The van der Waals surface area contributed by atoms with Crippen LogP contribution >= 0.6 is 15.9 Å². The number of aliphatic carboxylic acids is 1. The summed E-state index contributed by atoms with van der Waals surface area (Å²) in [7, 11) is 0. The molecule has 1 aromatic carbocycles. The molecule has 0 fully saturated rings. The van der Waals surface area contributed by atoms with E-state index in [1.165, 1.54) is 0 Å². The summed E-state index contributed by atoms with van der Waals surface area (Å²) in [5.74, 6) is -0.854. The molecule has 1 aromatic rings. The molecule has 0 aromatic heterocycles. The van der Waals surface area contributed by atoms with Crippen LogP contribution in [0.5, 0.6) is 0 Å². The normalized spacial score (nSPS) is 11.4. The minimum atomic E-state index is -0.854. The molecule has 0 aliphatic heterocycles. The molecule has 0 unspecified atom stereocenters. The predicted octanol–water partition coefficient (Wildman–Crippen LogP) is 3.33. The highest BCUT2D eigenvalue weighted by Crippen LogP contribution is 2.15. The molecule has 0 bridgehead atoms. The lowest BCUT2D eigenvalue weighted by Crippen LogP contribution is -1.98. The van der Waals surface area contributed by atoms with Gasteiger partial charge in [-0.15, -0.1) is 0 Å². The molecule has 0 aliphatic carbocycles. The van der Waals surface area contributed by atoms with Gasteiger partial charge in [0.1, 0.15) is 0 Å². The summed E-state index contributed by atoms with van der Waals surface area (Å²) in [4.78, 5) is 10.7. The molecular formula is C11H11BrO2. The Hall–Kier alpha value is -1.09. The van der Waals surface area contributed by atoms with Gasteiger partial charge in [0.25, 0.3) is 0 Å². The van der Waals surface area contributed by atoms with Gasteiger partial charge in [-0.1, -0.05) is 35.0 Å². The summed E-state index contributed by atoms with van der Waals surface area (Å²) in [5.41, 5.74) is 1.32. The average Bonchev–Trinajstić information content (AvgIpc) is 2.14. The zero-order valence-electron chi connectivity index (χ0n) is 7.83. The van der Waals surface area contributed by atoms with Crippen molar-refractivity contribution in [2.24, 2.45) is 0 Å². The average molecular weight is 255 g/mol. The summed E-state index contributed by atoms with van der Waals surface area (Å²) < 4.78 is 0.951. The Bertz CT molecular complexity index is 369. The van der Waals surface area contributed by atoms with Crippen molar-refractivity contribution in [1.82, 2.24) is 0 Å². The van der Waals surface area contributed by atoms with Crippen molar-refractivity contribution in [2.45, 2.75) is 13.3 Å². The van der Waals surface area contributed by atoms with Gasteiger partial charge < -0.3 is 5.11 Å². The Morgan fingerprint density at radius 1 is 1.57 bits per heavy atom. The second-order valence-corrected chi connectivity index (χ2v) is 3.80. The van der Waals surface area contributed by atoms with E-state index in [4.69, 9.17) is 5.11 Å². The second kappa shape index (κ2) is 4.96. The molecular weight excluding hydrogens is 244 g/mol. The first-order valence-electron chi connectivity index (χ1n) is 4.33. The van der Waals surface area contributed by atoms with Crippen molar-refractivity contribution in [3.8, 4) is 0 Å². The van der Waals surface area contributed by atoms with Crippen LogP contribution in [0, 0.1) is 0 Å². The smallest absolute Gasteiger partial charge is 0.331 e. The van der Waals surface area contributed by atoms with Crippen LogP contribution in [-0.4, -0.2) is 11.1 Å². The zero-order chi connectivity index (χ0) is 10.6. The van der Waals surface area contributed by atoms with E-state index in [9.17, 15) is 4.79 Å². The van der Waals surface area contributed by atoms with Crippen LogP contribution < -0.4 is 0 Å². The minimum absolute atomic E-state index is 0.420. The first-order chi connectivity index (χ1) is 6.63. The van der Waals surface area contributed by atoms with Gasteiger partial charge in [0.05, 0.1) is 0 Å². The van der Waals surface area contributed by atoms with E-state index in [-0.39, 0.29) is 0 Å². The van der Waals surface area contributed by atoms with Crippen LogP contribution in [0.4, 0.5) is 0 Å². The molecule has 1 rings (SSSR count). The van der Waals surface area contributed by atoms with Crippen LogP contribution in [0.25, 0.3) is 6.08 Å². The maximum atomic E-state index is 10.7. The fourth-order valence-corrected chi connectivity index (χ4v) is 1.53. The first kappa shape index (κ1) is 11.0. The molecule has 14 heavy (non-hydrogen) atoms. The highest BCUT2D eigenvalue weighted by Gasteiger charge is 2.03. The third-order valence-electron chi connectivity index (χ3n) is 1.85. The van der Waals surface area contributed by atoms with E-state index in [0.717, 1.165) is 10.0 Å². The molecule has 0 saturated carbocycles. The van der Waals surface area contributed by atoms with Crippen molar-refractivity contribution in [2.75, 3.05) is 0 Å². The maximum Gasteiger partial charge on any atom is 0.331 e. The van der Waals surface area contributed by atoms with Gasteiger partial charge in [0.15, 0.2) is 0 Å². The van der Waals surface area contributed by atoms with Gasteiger partial charge in [0.2, 0.25) is 0 Å². The van der Waals surface area contributed by atoms with Crippen LogP contribution in [0.15, 0.2) is 34.3 Å². The third-order valence-corrected chi connectivity index (χ3v) is 2.34. The standard InChI is InChI=1S/C11H11BrO2/c1-2-9(11(13)14)6-8-4-3-5-10(12)7-8/h3-7H,2H2,1H3,(H,13,14)/b9-6-. The first-order valence-corrected chi connectivity index (χ1v) is 5.12. The van der Waals surface area contributed by atoms with E-state index in [2.05, 4.69) is 15.9 Å². The lowest BCUT2D eigenvalue weighted by atomic mass is 10.1. The number of benzene rings is 1. The van der Waals surface area contributed by atoms with Crippen molar-refractivity contribution in [3.63, 3.8) is 0 Å². The largest absolute Gasteiger partial charge is 0.478 e. The molecule has 0 spiro atoms. The molecule has 0 amide bonds. The molecule has 0 atom stereocenters. The van der Waals surface area contributed by atoms with Crippen molar-refractivity contribution in [1.29, 1.82) is 0 Å². The zero-order valence-corrected chi connectivity index (χ0v) is 9.41. The summed E-state index contributed by atoms with van der Waals surface area (Å²) >= 11 is 3.33. The Balaban J connectivity index is 3.00. The predicted molar refractivity (Wildman–Crippen MR) is 60.0 cm³/mol. The van der Waals surface area contributed by atoms with Gasteiger partial charge in [0, 0.05) is 10.0 Å². The fraction of sp³-hybridized carbons (Fsp3) is 0.182. The van der Waals surface area contributed by atoms with E-state index >= 15 is 0 Å². The van der Waals surface area contributed by atoms with E-state index in [0.29, 0.717) is 12.0 Å². The lowest BCUT2D eigenvalue weighted by Gasteiger charge is -1.98. The molecule has 74 valence electrons. The molecule has 3 heteroatoms. The number of halogens is 1. The molecule has 0 radical (unpaired) electrons. The number of rotatable bonds is 3. The number of hydrogen-bond donors (Lipinski definition) is 1. The maximum absolute atomic E-state index is 10.7. The third kappa shape index (κ3) is 3.00. The van der Waals surface area contributed by atoms with Gasteiger partial charge in [-0.25, -0.2) is 4.79 Å². The molecule has 1 N–H and O–H groups in total. The molecule has 0 saturated heterocycles. The van der Waals surface area contributed by atoms with Crippen LogP contribution in [0.2, 0.25) is 0 Å². The van der Waals surface area contributed by atoms with Crippen LogP contribution in [0.3, 0.4) is 0 Å². The SMILES string of the molecule is CC/C(=C/c1cccc(Br)c1)C(=O)O. The summed E-state index contributed by atoms with van der Waals surface area (Å²) in [6.07, 6.45) is 2.22. The summed E-state index contributed by atoms with van der Waals surface area (Å²) in [6.45, 7) is 1.83. The Morgan fingerprint density at radius 2 is 2.29 bits per heavy atom. The highest BCUT2D eigenvalue weighted by atomic mass is 79.9. The van der Waals surface area contributed by atoms with E-state index in [1.807, 2.05) is 31.2 Å². The van der Waals surface area contributed by atoms with Gasteiger partial charge in [-0.3, -0.25) is 0 Å². The van der Waals surface area contributed by atoms with Crippen molar-refractivity contribution in [3.05, 3.63) is 39.9 Å². The Labute approximate surface area is 91.4 Å². The van der Waals surface area contributed by atoms with E-state index in [1.54, 1.807) is 6.08 Å². The van der Waals surface area contributed by atoms with Gasteiger partial charge in [-0.05, 0) is 30.2 Å². The molecule has 0 heterocycles. The number of carbonyl (C=O) groups is 1.